The fourth-order valence-corrected chi connectivity index (χ4v) is 1.89. The van der Waals surface area contributed by atoms with Crippen LogP contribution in [0.2, 0.25) is 0 Å². The maximum absolute atomic E-state index is 11.8. The Hall–Kier alpha value is -1.21. The Balaban J connectivity index is 2.61. The Labute approximate surface area is 115 Å². The minimum atomic E-state index is -4.40. The number of nitrogens with two attached hydrogens (primary N) is 1. The van der Waals surface area contributed by atoms with E-state index in [4.69, 9.17) is 15.7 Å². The molecule has 0 unspecified atom stereocenters. The van der Waals surface area contributed by atoms with E-state index in [9.17, 15) is 13.2 Å². The zero-order valence-corrected chi connectivity index (χ0v) is 11.1. The topological polar surface area (TPSA) is 68.3 Å². The van der Waals surface area contributed by atoms with Crippen molar-refractivity contribution in [2.75, 3.05) is 19.1 Å². The van der Waals surface area contributed by atoms with Crippen LogP contribution in [0.4, 0.5) is 18.9 Å². The van der Waals surface area contributed by atoms with E-state index in [1.54, 1.807) is 0 Å². The summed E-state index contributed by atoms with van der Waals surface area (Å²) in [6, 6.07) is 4.79. The third-order valence-corrected chi connectivity index (χ3v) is 2.56. The number of hydrogen-bond acceptors (Lipinski definition) is 4. The second-order valence-electron chi connectivity index (χ2n) is 3.21. The zero-order chi connectivity index (χ0) is 13.8. The van der Waals surface area contributed by atoms with Crippen LogP contribution in [0.3, 0.4) is 0 Å². The highest BCUT2D eigenvalue weighted by Crippen LogP contribution is 2.29. The predicted molar refractivity (Wildman–Crippen MR) is 65.8 cm³/mol. The normalized spacial score (nSPS) is 11.1. The van der Waals surface area contributed by atoms with Crippen molar-refractivity contribution < 1.29 is 22.6 Å². The molecule has 0 atom stereocenters. The summed E-state index contributed by atoms with van der Waals surface area (Å²) < 4.78 is 45.2. The van der Waals surface area contributed by atoms with E-state index in [2.05, 4.69) is 4.74 Å². The Bertz CT molecular complexity index is 448. The Kier molecular flexibility index (Phi) is 5.03. The summed E-state index contributed by atoms with van der Waals surface area (Å²) in [6.07, 6.45) is -4.40. The molecule has 0 aliphatic rings. The van der Waals surface area contributed by atoms with Crippen LogP contribution in [-0.2, 0) is 4.74 Å². The lowest BCUT2D eigenvalue weighted by molar-refractivity contribution is -0.186. The highest BCUT2D eigenvalue weighted by atomic mass is 127. The van der Waals surface area contributed by atoms with Gasteiger partial charge >= 0.3 is 6.18 Å². The van der Waals surface area contributed by atoms with Crippen LogP contribution in [0.15, 0.2) is 12.1 Å². The molecule has 1 aromatic carbocycles. The number of nitrogens with zero attached hydrogens (tertiary/aromatic N) is 1. The standard InChI is InChI=1S/C10H8F3IN2O2/c11-10(12,13)4-17-5-18-9-7(14)1-6(3-15)2-8(9)16/h1-2H,4-5,16H2. The molecule has 98 valence electrons. The molecule has 0 heterocycles. The van der Waals surface area contributed by atoms with Crippen LogP contribution in [0.25, 0.3) is 0 Å². The highest BCUT2D eigenvalue weighted by Gasteiger charge is 2.27. The zero-order valence-electron chi connectivity index (χ0n) is 8.92. The molecule has 0 saturated carbocycles. The van der Waals surface area contributed by atoms with E-state index in [1.165, 1.54) is 12.1 Å². The second-order valence-corrected chi connectivity index (χ2v) is 4.38. The van der Waals surface area contributed by atoms with E-state index in [-0.39, 0.29) is 11.4 Å². The molecule has 8 heteroatoms. The van der Waals surface area contributed by atoms with Crippen LogP contribution in [0.5, 0.6) is 5.75 Å². The minimum Gasteiger partial charge on any atom is -0.464 e. The Morgan fingerprint density at radius 1 is 1.39 bits per heavy atom. The Morgan fingerprint density at radius 2 is 2.06 bits per heavy atom. The molecule has 0 spiro atoms. The fraction of sp³-hybridized carbons (Fsp3) is 0.300. The summed E-state index contributed by atoms with van der Waals surface area (Å²) in [5.41, 5.74) is 6.13. The molecular formula is C10H8F3IN2O2. The molecule has 2 N–H and O–H groups in total. The first-order valence-electron chi connectivity index (χ1n) is 4.60. The van der Waals surface area contributed by atoms with Crippen molar-refractivity contribution in [3.05, 3.63) is 21.3 Å². The van der Waals surface area contributed by atoms with Gasteiger partial charge in [0.2, 0.25) is 0 Å². The lowest BCUT2D eigenvalue weighted by Crippen LogP contribution is -2.19. The number of anilines is 1. The SMILES string of the molecule is N#Cc1cc(N)c(OCOCC(F)(F)F)c(I)c1. The van der Waals surface area contributed by atoms with Crippen LogP contribution >= 0.6 is 22.6 Å². The summed E-state index contributed by atoms with van der Waals surface area (Å²) in [4.78, 5) is 0. The van der Waals surface area contributed by atoms with Gasteiger partial charge in [-0.05, 0) is 34.7 Å². The van der Waals surface area contributed by atoms with Crippen molar-refractivity contribution in [3.8, 4) is 11.8 Å². The molecule has 18 heavy (non-hydrogen) atoms. The molecular weight excluding hydrogens is 364 g/mol. The van der Waals surface area contributed by atoms with Gasteiger partial charge in [-0.2, -0.15) is 18.4 Å². The fourth-order valence-electron chi connectivity index (χ4n) is 1.09. The van der Waals surface area contributed by atoms with E-state index in [1.807, 2.05) is 28.7 Å². The first kappa shape index (κ1) is 14.8. The average Bonchev–Trinajstić information content (AvgIpc) is 2.25. The largest absolute Gasteiger partial charge is 0.464 e. The van der Waals surface area contributed by atoms with Crippen molar-refractivity contribution in [2.24, 2.45) is 0 Å². The smallest absolute Gasteiger partial charge is 0.411 e. The molecule has 0 bridgehead atoms. The Morgan fingerprint density at radius 3 is 2.56 bits per heavy atom. The number of alkyl halides is 3. The molecule has 1 aromatic rings. The van der Waals surface area contributed by atoms with Gasteiger partial charge in [0.1, 0.15) is 6.61 Å². The van der Waals surface area contributed by atoms with E-state index in [0.717, 1.165) is 0 Å². The van der Waals surface area contributed by atoms with Gasteiger partial charge < -0.3 is 15.2 Å². The van der Waals surface area contributed by atoms with E-state index in [0.29, 0.717) is 9.13 Å². The van der Waals surface area contributed by atoms with Crippen LogP contribution in [-0.4, -0.2) is 19.6 Å². The van der Waals surface area contributed by atoms with Gasteiger partial charge in [0.05, 0.1) is 20.9 Å². The monoisotopic (exact) mass is 372 g/mol. The molecule has 0 aliphatic carbocycles. The van der Waals surface area contributed by atoms with E-state index >= 15 is 0 Å². The van der Waals surface area contributed by atoms with Gasteiger partial charge in [-0.15, -0.1) is 0 Å². The third-order valence-electron chi connectivity index (χ3n) is 1.75. The first-order chi connectivity index (χ1) is 8.33. The van der Waals surface area contributed by atoms with Gasteiger partial charge in [-0.25, -0.2) is 0 Å². The van der Waals surface area contributed by atoms with Crippen molar-refractivity contribution >= 4 is 28.3 Å². The van der Waals surface area contributed by atoms with Gasteiger partial charge in [0.25, 0.3) is 0 Å². The lowest BCUT2D eigenvalue weighted by Gasteiger charge is -2.12. The summed E-state index contributed by atoms with van der Waals surface area (Å²) in [5.74, 6) is 0.205. The van der Waals surface area contributed by atoms with Crippen LogP contribution < -0.4 is 10.5 Å². The molecule has 0 aliphatic heterocycles. The average molecular weight is 372 g/mol. The first-order valence-corrected chi connectivity index (χ1v) is 5.68. The van der Waals surface area contributed by atoms with E-state index < -0.39 is 19.6 Å². The van der Waals surface area contributed by atoms with Gasteiger partial charge in [0, 0.05) is 0 Å². The summed E-state index contributed by atoms with van der Waals surface area (Å²) in [6.45, 7) is -1.95. The van der Waals surface area contributed by atoms with Crippen molar-refractivity contribution in [1.82, 2.24) is 0 Å². The predicted octanol–water partition coefficient (Wildman–Crippen LogP) is 2.66. The molecule has 1 rings (SSSR count). The number of nitrogen functional groups attached to an aromatic ring is 1. The van der Waals surface area contributed by atoms with Gasteiger partial charge in [-0.3, -0.25) is 0 Å². The highest BCUT2D eigenvalue weighted by molar-refractivity contribution is 14.1. The lowest BCUT2D eigenvalue weighted by atomic mass is 10.2. The maximum atomic E-state index is 11.8. The second kappa shape index (κ2) is 6.10. The van der Waals surface area contributed by atoms with Crippen molar-refractivity contribution in [3.63, 3.8) is 0 Å². The molecule has 0 aromatic heterocycles. The molecule has 0 saturated heterocycles. The molecule has 4 nitrogen and oxygen atoms in total. The molecule has 0 radical (unpaired) electrons. The number of halogens is 4. The van der Waals surface area contributed by atoms with Gasteiger partial charge in [-0.1, -0.05) is 0 Å². The van der Waals surface area contributed by atoms with Crippen LogP contribution in [0, 0.1) is 14.9 Å². The van der Waals surface area contributed by atoms with Gasteiger partial charge in [0.15, 0.2) is 12.5 Å². The van der Waals surface area contributed by atoms with Crippen molar-refractivity contribution in [2.45, 2.75) is 6.18 Å². The number of nitriles is 1. The molecule has 0 amide bonds. The number of benzene rings is 1. The van der Waals surface area contributed by atoms with Crippen molar-refractivity contribution in [1.29, 1.82) is 5.26 Å². The number of rotatable bonds is 4. The van der Waals surface area contributed by atoms with Crippen LogP contribution in [0.1, 0.15) is 5.56 Å². The quantitative estimate of drug-likeness (QED) is 0.382. The third kappa shape index (κ3) is 4.58. The maximum Gasteiger partial charge on any atom is 0.411 e. The number of hydrogen-bond donors (Lipinski definition) is 1. The minimum absolute atomic E-state index is 0.175. The summed E-state index contributed by atoms with van der Waals surface area (Å²) in [5, 5.41) is 8.68. The summed E-state index contributed by atoms with van der Waals surface area (Å²) in [7, 11) is 0. The summed E-state index contributed by atoms with van der Waals surface area (Å²) >= 11 is 1.87. The number of ether oxygens (including phenoxy) is 2. The molecule has 0 fully saturated rings.